The maximum Gasteiger partial charge on any atom is 0.271 e. The molecular weight excluding hydrogens is 368 g/mol. The summed E-state index contributed by atoms with van der Waals surface area (Å²) in [6.45, 7) is 0. The van der Waals surface area contributed by atoms with Gasteiger partial charge in [0.1, 0.15) is 5.69 Å². The molecule has 3 atom stereocenters. The third-order valence-corrected chi connectivity index (χ3v) is 5.86. The number of hydrogen-bond donors (Lipinski definition) is 3. The van der Waals surface area contributed by atoms with E-state index < -0.39 is 5.91 Å². The van der Waals surface area contributed by atoms with Crippen molar-refractivity contribution in [1.29, 1.82) is 0 Å². The zero-order valence-corrected chi connectivity index (χ0v) is 15.7. The number of primary amides is 1. The van der Waals surface area contributed by atoms with Crippen LogP contribution in [0.2, 0.25) is 0 Å². The first-order valence-electron chi connectivity index (χ1n) is 9.63. The van der Waals surface area contributed by atoms with Crippen molar-refractivity contribution in [3.63, 3.8) is 0 Å². The average molecular weight is 388 g/mol. The number of nitrogens with one attached hydrogen (secondary N) is 2. The van der Waals surface area contributed by atoms with E-state index in [1.54, 1.807) is 6.20 Å². The minimum Gasteiger partial charge on any atom is -0.380 e. The number of H-pyrrole nitrogens is 1. The van der Waals surface area contributed by atoms with E-state index in [4.69, 9.17) is 12.2 Å². The van der Waals surface area contributed by atoms with Crippen LogP contribution in [0.1, 0.15) is 41.9 Å². The molecule has 2 aliphatic rings. The first-order valence-corrected chi connectivity index (χ1v) is 9.63. The molecule has 9 nitrogen and oxygen atoms in total. The summed E-state index contributed by atoms with van der Waals surface area (Å²) in [4.78, 5) is 17.3. The predicted octanol–water partition coefficient (Wildman–Crippen LogP) is 1.44. The number of fused-ring (bicyclic) bond motifs is 3. The molecule has 2 saturated heterocycles. The smallest absolute Gasteiger partial charge is 0.271 e. The maximum absolute atomic E-state index is 11.9. The van der Waals surface area contributed by atoms with Gasteiger partial charge in [-0.1, -0.05) is 0 Å². The van der Waals surface area contributed by atoms with Gasteiger partial charge in [0.15, 0.2) is 17.2 Å². The van der Waals surface area contributed by atoms with Crippen LogP contribution in [0.3, 0.4) is 0 Å². The van der Waals surface area contributed by atoms with Gasteiger partial charge in [0.25, 0.3) is 5.91 Å². The minimum atomic E-state index is -0.590. The van der Waals surface area contributed by atoms with Crippen LogP contribution in [-0.2, 0) is 0 Å². The lowest BCUT2D eigenvalue weighted by molar-refractivity contribution is 0.0995. The largest absolute Gasteiger partial charge is 0.380 e. The summed E-state index contributed by atoms with van der Waals surface area (Å²) in [5, 5.41) is 20.8. The van der Waals surface area contributed by atoms with Gasteiger partial charge >= 0.3 is 0 Å². The van der Waals surface area contributed by atoms with Gasteiger partial charge in [-0.15, -0.1) is 26.8 Å². The Hall–Kier alpha value is -3.67. The normalized spacial score (nSPS) is 23.1. The highest BCUT2D eigenvalue weighted by atomic mass is 16.1. The molecule has 2 aliphatic heterocycles. The Balaban J connectivity index is 1.40. The minimum absolute atomic E-state index is 0.169. The molecule has 5 rings (SSSR count). The number of carbonyl (C=O) groups is 1. The standard InChI is InChI=1S/C20H20N8O/c1-2-11-3-6-16(25-24-11)28-13-4-5-14(28)10-12(9-13)23-17-15-7-8-22-20(15)27-26-18(17)19(21)29/h1,3,6-8,12-14H,4-5,9-10H2,(H2,21,29)(H2,22,23,27)/t12?,13-,14+. The van der Waals surface area contributed by atoms with Crippen LogP contribution in [0.25, 0.3) is 11.0 Å². The lowest BCUT2D eigenvalue weighted by Gasteiger charge is -2.40. The van der Waals surface area contributed by atoms with E-state index in [1.807, 2.05) is 18.2 Å². The number of aromatic amines is 1. The van der Waals surface area contributed by atoms with Crippen molar-refractivity contribution in [2.24, 2.45) is 5.73 Å². The van der Waals surface area contributed by atoms with Crippen LogP contribution >= 0.6 is 0 Å². The van der Waals surface area contributed by atoms with Crippen molar-refractivity contribution in [3.05, 3.63) is 35.8 Å². The lowest BCUT2D eigenvalue weighted by Crippen LogP contribution is -2.47. The molecular formula is C20H20N8O. The van der Waals surface area contributed by atoms with Crippen molar-refractivity contribution >= 4 is 28.4 Å². The number of anilines is 2. The average Bonchev–Trinajstić information content (AvgIpc) is 3.31. The Morgan fingerprint density at radius 1 is 1.17 bits per heavy atom. The van der Waals surface area contributed by atoms with E-state index >= 15 is 0 Å². The maximum atomic E-state index is 11.9. The Morgan fingerprint density at radius 3 is 2.62 bits per heavy atom. The third kappa shape index (κ3) is 2.93. The zero-order chi connectivity index (χ0) is 20.0. The van der Waals surface area contributed by atoms with Crippen molar-refractivity contribution in [1.82, 2.24) is 25.4 Å². The molecule has 1 amide bonds. The second-order valence-electron chi connectivity index (χ2n) is 7.55. The van der Waals surface area contributed by atoms with Crippen LogP contribution in [0, 0.1) is 12.3 Å². The molecule has 0 radical (unpaired) electrons. The third-order valence-electron chi connectivity index (χ3n) is 5.86. The molecule has 1 unspecified atom stereocenters. The summed E-state index contributed by atoms with van der Waals surface area (Å²) < 4.78 is 0. The second kappa shape index (κ2) is 6.74. The topological polar surface area (TPSA) is 126 Å². The molecule has 146 valence electrons. The molecule has 3 aromatic heterocycles. The quantitative estimate of drug-likeness (QED) is 0.577. The Morgan fingerprint density at radius 2 is 1.97 bits per heavy atom. The van der Waals surface area contributed by atoms with Crippen LogP contribution in [0.5, 0.6) is 0 Å². The summed E-state index contributed by atoms with van der Waals surface area (Å²) in [5.74, 6) is 2.78. The molecule has 5 heterocycles. The van der Waals surface area contributed by atoms with Gasteiger partial charge in [-0.2, -0.15) is 0 Å². The molecule has 4 N–H and O–H groups in total. The van der Waals surface area contributed by atoms with E-state index in [1.165, 1.54) is 0 Å². The molecule has 3 aromatic rings. The van der Waals surface area contributed by atoms with E-state index in [9.17, 15) is 4.79 Å². The summed E-state index contributed by atoms with van der Waals surface area (Å²) in [6, 6.07) is 6.56. The van der Waals surface area contributed by atoms with Crippen molar-refractivity contribution in [2.45, 2.75) is 43.8 Å². The fraction of sp³-hybridized carbons (Fsp3) is 0.350. The van der Waals surface area contributed by atoms with Gasteiger partial charge in [-0.05, 0) is 49.8 Å². The second-order valence-corrected chi connectivity index (χ2v) is 7.55. The summed E-state index contributed by atoms with van der Waals surface area (Å²) in [6.07, 6.45) is 11.2. The number of carbonyl (C=O) groups excluding carboxylic acids is 1. The van der Waals surface area contributed by atoms with Gasteiger partial charge in [-0.3, -0.25) is 4.79 Å². The van der Waals surface area contributed by atoms with Crippen molar-refractivity contribution in [3.8, 4) is 12.3 Å². The summed E-state index contributed by atoms with van der Waals surface area (Å²) in [7, 11) is 0. The number of nitrogens with two attached hydrogens (primary N) is 1. The molecule has 9 heteroatoms. The van der Waals surface area contributed by atoms with E-state index in [-0.39, 0.29) is 11.7 Å². The molecule has 2 bridgehead atoms. The van der Waals surface area contributed by atoms with Gasteiger partial charge in [0, 0.05) is 29.7 Å². The SMILES string of the molecule is C#Cc1ccc(N2[C@@H]3CC[C@H]2CC(Nc2c(C(N)=O)nnc4[nH]ccc24)C3)nn1. The van der Waals surface area contributed by atoms with Crippen LogP contribution in [-0.4, -0.2) is 49.4 Å². The van der Waals surface area contributed by atoms with E-state index in [0.717, 1.165) is 36.9 Å². The summed E-state index contributed by atoms with van der Waals surface area (Å²) in [5.41, 5.74) is 7.53. The number of hydrogen-bond acceptors (Lipinski definition) is 7. The van der Waals surface area contributed by atoms with E-state index in [2.05, 4.69) is 41.5 Å². The highest BCUT2D eigenvalue weighted by Crippen LogP contribution is 2.40. The molecule has 29 heavy (non-hydrogen) atoms. The predicted molar refractivity (Wildman–Crippen MR) is 108 cm³/mol. The first kappa shape index (κ1) is 17.4. The number of aromatic nitrogens is 5. The van der Waals surface area contributed by atoms with Gasteiger partial charge in [-0.25, -0.2) is 0 Å². The fourth-order valence-electron chi connectivity index (χ4n) is 4.65. The molecule has 2 fully saturated rings. The number of terminal acetylenes is 1. The van der Waals surface area contributed by atoms with Crippen molar-refractivity contribution in [2.75, 3.05) is 10.2 Å². The zero-order valence-electron chi connectivity index (χ0n) is 15.7. The lowest BCUT2D eigenvalue weighted by atomic mass is 9.96. The molecule has 0 spiro atoms. The van der Waals surface area contributed by atoms with E-state index in [0.29, 0.717) is 29.1 Å². The van der Waals surface area contributed by atoms with Crippen LogP contribution < -0.4 is 16.0 Å². The van der Waals surface area contributed by atoms with Gasteiger partial charge in [0.05, 0.1) is 5.69 Å². The van der Waals surface area contributed by atoms with Gasteiger partial charge in [0.2, 0.25) is 0 Å². The van der Waals surface area contributed by atoms with Gasteiger partial charge < -0.3 is 20.9 Å². The highest BCUT2D eigenvalue weighted by molar-refractivity contribution is 6.04. The van der Waals surface area contributed by atoms with Crippen molar-refractivity contribution < 1.29 is 4.79 Å². The summed E-state index contributed by atoms with van der Waals surface area (Å²) >= 11 is 0. The molecule has 0 aliphatic carbocycles. The Bertz CT molecular complexity index is 1100. The highest BCUT2D eigenvalue weighted by Gasteiger charge is 2.42. The fourth-order valence-corrected chi connectivity index (χ4v) is 4.65. The number of piperidine rings is 1. The van der Waals surface area contributed by atoms with Crippen LogP contribution in [0.4, 0.5) is 11.5 Å². The Labute approximate surface area is 167 Å². The van der Waals surface area contributed by atoms with Crippen LogP contribution in [0.15, 0.2) is 24.4 Å². The first-order chi connectivity index (χ1) is 14.1. The number of amides is 1. The monoisotopic (exact) mass is 388 g/mol. The Kier molecular flexibility index (Phi) is 4.05. The molecule has 0 saturated carbocycles. The number of rotatable bonds is 4. The number of nitrogens with zero attached hydrogens (tertiary/aromatic N) is 5. The molecule has 0 aromatic carbocycles.